The Morgan fingerprint density at radius 1 is 1.39 bits per heavy atom. The number of carbonyl (C=O) groups excluding carboxylic acids is 1. The number of methoxy groups -OCH3 is 1. The lowest BCUT2D eigenvalue weighted by molar-refractivity contribution is 0.00975. The molecular formula is C18H32N4O5Si. The Balaban J connectivity index is 1.98. The molecule has 1 aliphatic rings. The number of imidazole rings is 1. The van der Waals surface area contributed by atoms with Gasteiger partial charge in [0.25, 0.3) is 5.91 Å². The number of nitrogens with zero attached hydrogens (tertiary/aromatic N) is 3. The first kappa shape index (κ1) is 22.4. The molecule has 158 valence electrons. The third-order valence-corrected chi connectivity index (χ3v) is 6.63. The fraction of sp³-hybridized carbons (Fsp3) is 0.722. The van der Waals surface area contributed by atoms with E-state index in [2.05, 4.69) is 29.9 Å². The second kappa shape index (κ2) is 9.53. The number of nitrogens with one attached hydrogen (secondary N) is 1. The maximum atomic E-state index is 12.8. The minimum absolute atomic E-state index is 0.226. The first-order valence-corrected chi connectivity index (χ1v) is 13.2. The maximum Gasteiger partial charge on any atom is 0.407 e. The van der Waals surface area contributed by atoms with Gasteiger partial charge >= 0.3 is 6.09 Å². The summed E-state index contributed by atoms with van der Waals surface area (Å²) in [7, 11) is 0.348. The molecule has 2 heterocycles. The van der Waals surface area contributed by atoms with Crippen molar-refractivity contribution in [3.8, 4) is 0 Å². The Morgan fingerprint density at radius 2 is 2.11 bits per heavy atom. The van der Waals surface area contributed by atoms with Crippen LogP contribution in [0.1, 0.15) is 22.7 Å². The van der Waals surface area contributed by atoms with Crippen LogP contribution in [0.2, 0.25) is 25.7 Å². The molecule has 1 aliphatic heterocycles. The second-order valence-corrected chi connectivity index (χ2v) is 14.0. The Morgan fingerprint density at radius 3 is 2.71 bits per heavy atom. The van der Waals surface area contributed by atoms with Gasteiger partial charge in [-0.05, 0) is 19.4 Å². The van der Waals surface area contributed by atoms with E-state index in [0.717, 1.165) is 11.7 Å². The number of carboxylic acid groups (broad SMARTS) is 1. The second-order valence-electron chi connectivity index (χ2n) is 8.37. The zero-order valence-corrected chi connectivity index (χ0v) is 18.4. The average Bonchev–Trinajstić information content (AvgIpc) is 2.98. The van der Waals surface area contributed by atoms with Crippen molar-refractivity contribution in [2.75, 3.05) is 26.8 Å². The van der Waals surface area contributed by atoms with Crippen LogP contribution in [0.25, 0.3) is 0 Å². The molecule has 1 aromatic heterocycles. The summed E-state index contributed by atoms with van der Waals surface area (Å²) in [5.41, 5.74) is 0.849. The van der Waals surface area contributed by atoms with Gasteiger partial charge in [-0.1, -0.05) is 19.6 Å². The van der Waals surface area contributed by atoms with Crippen molar-refractivity contribution < 1.29 is 24.2 Å². The van der Waals surface area contributed by atoms with Gasteiger partial charge in [0.15, 0.2) is 0 Å². The van der Waals surface area contributed by atoms with Crippen molar-refractivity contribution in [3.63, 3.8) is 0 Å². The lowest BCUT2D eigenvalue weighted by atomic mass is 10.0. The number of rotatable bonds is 8. The predicted molar refractivity (Wildman–Crippen MR) is 107 cm³/mol. The number of hydrogen-bond acceptors (Lipinski definition) is 5. The number of piperidine rings is 1. The van der Waals surface area contributed by atoms with Crippen LogP contribution in [0, 0.1) is 6.92 Å². The summed E-state index contributed by atoms with van der Waals surface area (Å²) in [6, 6.07) is 0.784. The number of likely N-dealkylation sites (tertiary alicyclic amines) is 1. The first-order valence-electron chi connectivity index (χ1n) is 9.54. The lowest BCUT2D eigenvalue weighted by Gasteiger charge is -2.36. The molecule has 2 N–H and O–H groups in total. The van der Waals surface area contributed by atoms with Gasteiger partial charge in [-0.25, -0.2) is 9.78 Å². The van der Waals surface area contributed by atoms with Gasteiger partial charge in [0.1, 0.15) is 6.73 Å². The van der Waals surface area contributed by atoms with Gasteiger partial charge < -0.3 is 29.4 Å². The smallest absolute Gasteiger partial charge is 0.407 e. The molecule has 9 nitrogen and oxygen atoms in total. The van der Waals surface area contributed by atoms with Crippen molar-refractivity contribution in [1.29, 1.82) is 0 Å². The van der Waals surface area contributed by atoms with Gasteiger partial charge in [-0.3, -0.25) is 4.79 Å². The molecule has 2 atom stereocenters. The van der Waals surface area contributed by atoms with Crippen molar-refractivity contribution in [3.05, 3.63) is 17.7 Å². The molecule has 1 aromatic rings. The Hall–Kier alpha value is -1.91. The number of hydrogen-bond donors (Lipinski definition) is 2. The molecule has 0 spiro atoms. The summed E-state index contributed by atoms with van der Waals surface area (Å²) in [4.78, 5) is 29.5. The van der Waals surface area contributed by atoms with E-state index >= 15 is 0 Å². The standard InChI is InChI=1S/C18H32N4O5Si/c1-13-10-19-16(22(13)12-27-8-9-28(3,4)5)17(23)20-14-6-7-21(18(24)25)11-15(14)26-2/h10,14-15H,6-9,11-12H2,1-5H3,(H,20,23)(H,24,25)/t14-,15+/m0/s1. The van der Waals surface area contributed by atoms with Crippen LogP contribution in [0.5, 0.6) is 0 Å². The van der Waals surface area contributed by atoms with Crippen molar-refractivity contribution in [2.45, 2.75) is 57.9 Å². The fourth-order valence-corrected chi connectivity index (χ4v) is 3.82. The van der Waals surface area contributed by atoms with E-state index in [9.17, 15) is 9.59 Å². The largest absolute Gasteiger partial charge is 0.465 e. The van der Waals surface area contributed by atoms with Crippen LogP contribution in [-0.2, 0) is 16.2 Å². The molecule has 0 unspecified atom stereocenters. The summed E-state index contributed by atoms with van der Waals surface area (Å²) in [5.74, 6) is -0.0151. The number of aromatic nitrogens is 2. The molecule has 0 saturated carbocycles. The summed E-state index contributed by atoms with van der Waals surface area (Å²) >= 11 is 0. The van der Waals surface area contributed by atoms with Gasteiger partial charge in [0, 0.05) is 40.2 Å². The van der Waals surface area contributed by atoms with E-state index in [1.165, 1.54) is 12.0 Å². The quantitative estimate of drug-likeness (QED) is 0.500. The van der Waals surface area contributed by atoms with Crippen LogP contribution >= 0.6 is 0 Å². The zero-order valence-electron chi connectivity index (χ0n) is 17.4. The molecule has 2 amide bonds. The van der Waals surface area contributed by atoms with Crippen molar-refractivity contribution in [1.82, 2.24) is 19.8 Å². The molecule has 0 radical (unpaired) electrons. The monoisotopic (exact) mass is 412 g/mol. The van der Waals surface area contributed by atoms with Gasteiger partial charge in [0.2, 0.25) is 5.82 Å². The minimum Gasteiger partial charge on any atom is -0.465 e. The summed E-state index contributed by atoms with van der Waals surface area (Å²) in [6.45, 7) is 10.3. The van der Waals surface area contributed by atoms with Crippen LogP contribution in [0.15, 0.2) is 6.20 Å². The Kier molecular flexibility index (Phi) is 7.61. The van der Waals surface area contributed by atoms with Crippen molar-refractivity contribution in [2.24, 2.45) is 0 Å². The van der Waals surface area contributed by atoms with E-state index in [1.54, 1.807) is 10.8 Å². The molecule has 1 saturated heterocycles. The highest BCUT2D eigenvalue weighted by atomic mass is 28.3. The van der Waals surface area contributed by atoms with Gasteiger partial charge in [-0.15, -0.1) is 0 Å². The Labute approximate surface area is 167 Å². The molecule has 2 rings (SSSR count). The third-order valence-electron chi connectivity index (χ3n) is 4.92. The third kappa shape index (κ3) is 6.04. The highest BCUT2D eigenvalue weighted by Crippen LogP contribution is 2.15. The van der Waals surface area contributed by atoms with E-state index in [4.69, 9.17) is 14.6 Å². The first-order chi connectivity index (χ1) is 13.1. The molecular weight excluding hydrogens is 380 g/mol. The predicted octanol–water partition coefficient (Wildman–Crippen LogP) is 2.00. The van der Waals surface area contributed by atoms with E-state index in [1.807, 2.05) is 6.92 Å². The summed E-state index contributed by atoms with van der Waals surface area (Å²) < 4.78 is 12.9. The normalized spacial score (nSPS) is 20.2. The van der Waals surface area contributed by atoms with Crippen molar-refractivity contribution >= 4 is 20.1 Å². The number of carbonyl (C=O) groups is 2. The zero-order chi connectivity index (χ0) is 20.9. The molecule has 28 heavy (non-hydrogen) atoms. The summed E-state index contributed by atoms with van der Waals surface area (Å²) in [6.07, 6.45) is 0.764. The average molecular weight is 413 g/mol. The van der Waals surface area contributed by atoms with Gasteiger partial charge in [0.05, 0.1) is 18.7 Å². The van der Waals surface area contributed by atoms with Crippen LogP contribution in [-0.4, -0.2) is 78.6 Å². The number of amides is 2. The molecule has 1 fully saturated rings. The van der Waals surface area contributed by atoms with E-state index < -0.39 is 20.3 Å². The van der Waals surface area contributed by atoms with E-state index in [-0.39, 0.29) is 25.2 Å². The number of ether oxygens (including phenoxy) is 2. The topological polar surface area (TPSA) is 106 Å². The minimum atomic E-state index is -1.17. The molecule has 0 bridgehead atoms. The van der Waals surface area contributed by atoms with Crippen LogP contribution in [0.3, 0.4) is 0 Å². The van der Waals surface area contributed by atoms with E-state index in [0.29, 0.717) is 25.4 Å². The van der Waals surface area contributed by atoms with Crippen LogP contribution in [0.4, 0.5) is 4.79 Å². The highest BCUT2D eigenvalue weighted by molar-refractivity contribution is 6.76. The highest BCUT2D eigenvalue weighted by Gasteiger charge is 2.33. The van der Waals surface area contributed by atoms with Crippen LogP contribution < -0.4 is 5.32 Å². The lowest BCUT2D eigenvalue weighted by Crippen LogP contribution is -2.56. The molecule has 10 heteroatoms. The van der Waals surface area contributed by atoms with Gasteiger partial charge in [-0.2, -0.15) is 0 Å². The molecule has 0 aliphatic carbocycles. The number of aryl methyl sites for hydroxylation is 1. The molecule has 0 aromatic carbocycles. The Bertz CT molecular complexity index is 688. The SMILES string of the molecule is CO[C@@H]1CN(C(=O)O)CC[C@@H]1NC(=O)c1ncc(C)n1COCC[Si](C)(C)C. The fourth-order valence-electron chi connectivity index (χ4n) is 3.07. The summed E-state index contributed by atoms with van der Waals surface area (Å²) in [5, 5.41) is 12.1. The maximum absolute atomic E-state index is 12.8.